The van der Waals surface area contributed by atoms with Crippen molar-refractivity contribution in [2.45, 2.75) is 31.4 Å². The number of anilines is 1. The predicted molar refractivity (Wildman–Crippen MR) is 145 cm³/mol. The number of rotatable bonds is 5. The molecule has 37 heavy (non-hydrogen) atoms. The molecule has 7 heteroatoms. The minimum atomic E-state index is -0.263. The van der Waals surface area contributed by atoms with Crippen molar-refractivity contribution in [3.05, 3.63) is 103 Å². The SMILES string of the molecule is Nc1nccn2c(C3CC(O)C3)nc(-c3ccc4c(c3)nc(-c3ccccc3)n4Cc3ccccc3)c12. The summed E-state index contributed by atoms with van der Waals surface area (Å²) in [5.41, 5.74) is 13.1. The maximum atomic E-state index is 9.89. The van der Waals surface area contributed by atoms with E-state index in [-0.39, 0.29) is 12.0 Å². The summed E-state index contributed by atoms with van der Waals surface area (Å²) < 4.78 is 4.30. The Morgan fingerprint density at radius 1 is 0.892 bits per heavy atom. The maximum absolute atomic E-state index is 9.89. The van der Waals surface area contributed by atoms with Gasteiger partial charge in [0.1, 0.15) is 28.7 Å². The van der Waals surface area contributed by atoms with Crippen molar-refractivity contribution in [2.24, 2.45) is 0 Å². The second-order valence-corrected chi connectivity index (χ2v) is 9.75. The average molecular weight is 487 g/mol. The van der Waals surface area contributed by atoms with Crippen LogP contribution in [0.4, 0.5) is 5.82 Å². The molecule has 0 bridgehead atoms. The highest BCUT2D eigenvalue weighted by Gasteiger charge is 2.33. The van der Waals surface area contributed by atoms with E-state index in [1.807, 2.05) is 34.9 Å². The van der Waals surface area contributed by atoms with Crippen molar-refractivity contribution in [3.63, 3.8) is 0 Å². The van der Waals surface area contributed by atoms with Gasteiger partial charge in [-0.3, -0.25) is 4.40 Å². The Morgan fingerprint density at radius 3 is 2.41 bits per heavy atom. The molecule has 3 N–H and O–H groups in total. The van der Waals surface area contributed by atoms with E-state index in [4.69, 9.17) is 15.7 Å². The van der Waals surface area contributed by atoms with Gasteiger partial charge in [-0.05, 0) is 30.5 Å². The van der Waals surface area contributed by atoms with Crippen LogP contribution in [0, 0.1) is 0 Å². The molecule has 1 fully saturated rings. The third kappa shape index (κ3) is 3.67. The van der Waals surface area contributed by atoms with Gasteiger partial charge in [0.25, 0.3) is 0 Å². The minimum absolute atomic E-state index is 0.205. The topological polar surface area (TPSA) is 94.3 Å². The molecule has 0 radical (unpaired) electrons. The molecule has 0 unspecified atom stereocenters. The van der Waals surface area contributed by atoms with Crippen LogP contribution < -0.4 is 5.73 Å². The smallest absolute Gasteiger partial charge is 0.150 e. The van der Waals surface area contributed by atoms with Gasteiger partial charge < -0.3 is 15.4 Å². The monoisotopic (exact) mass is 486 g/mol. The van der Waals surface area contributed by atoms with Gasteiger partial charge in [-0.1, -0.05) is 66.7 Å². The highest BCUT2D eigenvalue weighted by atomic mass is 16.3. The van der Waals surface area contributed by atoms with Crippen LogP contribution >= 0.6 is 0 Å². The fourth-order valence-corrected chi connectivity index (χ4v) is 5.39. The summed E-state index contributed by atoms with van der Waals surface area (Å²) in [6, 6.07) is 27.0. The number of nitrogens with two attached hydrogens (primary N) is 1. The first-order valence-electron chi connectivity index (χ1n) is 12.6. The van der Waals surface area contributed by atoms with Crippen LogP contribution in [-0.2, 0) is 6.54 Å². The lowest BCUT2D eigenvalue weighted by Crippen LogP contribution is -2.27. The molecular weight excluding hydrogens is 460 g/mol. The molecule has 6 aromatic rings. The molecule has 0 saturated heterocycles. The number of benzene rings is 3. The molecule has 3 aromatic carbocycles. The largest absolute Gasteiger partial charge is 0.393 e. The number of fused-ring (bicyclic) bond motifs is 2. The summed E-state index contributed by atoms with van der Waals surface area (Å²) in [5, 5.41) is 9.89. The number of nitrogens with zero attached hydrogens (tertiary/aromatic N) is 5. The van der Waals surface area contributed by atoms with Crippen LogP contribution in [0.3, 0.4) is 0 Å². The molecule has 1 aliphatic rings. The molecule has 0 amide bonds. The predicted octanol–water partition coefficient (Wildman–Crippen LogP) is 5.28. The second kappa shape index (κ2) is 8.57. The third-order valence-electron chi connectivity index (χ3n) is 7.33. The van der Waals surface area contributed by atoms with Crippen LogP contribution in [-0.4, -0.2) is 35.1 Å². The Bertz CT molecular complexity index is 1730. The van der Waals surface area contributed by atoms with Gasteiger partial charge in [0.2, 0.25) is 0 Å². The quantitative estimate of drug-likeness (QED) is 0.346. The van der Waals surface area contributed by atoms with Crippen molar-refractivity contribution in [3.8, 4) is 22.6 Å². The van der Waals surface area contributed by atoms with Crippen LogP contribution in [0.2, 0.25) is 0 Å². The van der Waals surface area contributed by atoms with Gasteiger partial charge in [0, 0.05) is 36.0 Å². The minimum Gasteiger partial charge on any atom is -0.393 e. The standard InChI is InChI=1S/C30H26N6O/c31-28-27-26(34-30(22-15-23(37)16-22)35(27)14-13-32-28)21-11-12-25-24(17-21)33-29(20-9-5-2-6-10-20)36(25)18-19-7-3-1-4-8-19/h1-14,17,22-23,37H,15-16,18H2,(H2,31,32). The molecule has 7 rings (SSSR count). The van der Waals surface area contributed by atoms with Crippen molar-refractivity contribution in [1.29, 1.82) is 0 Å². The first kappa shape index (κ1) is 21.8. The van der Waals surface area contributed by atoms with Crippen LogP contribution in [0.1, 0.15) is 30.1 Å². The van der Waals surface area contributed by atoms with E-state index in [2.05, 4.69) is 64.1 Å². The third-order valence-corrected chi connectivity index (χ3v) is 7.33. The van der Waals surface area contributed by atoms with Crippen molar-refractivity contribution in [1.82, 2.24) is 23.9 Å². The second-order valence-electron chi connectivity index (χ2n) is 9.75. The summed E-state index contributed by atoms with van der Waals surface area (Å²) in [7, 11) is 0. The molecule has 1 aliphatic carbocycles. The van der Waals surface area contributed by atoms with E-state index in [9.17, 15) is 5.11 Å². The summed E-state index contributed by atoms with van der Waals surface area (Å²) >= 11 is 0. The van der Waals surface area contributed by atoms with Crippen LogP contribution in [0.25, 0.3) is 39.2 Å². The van der Waals surface area contributed by atoms with Crippen LogP contribution in [0.5, 0.6) is 0 Å². The van der Waals surface area contributed by atoms with E-state index >= 15 is 0 Å². The molecule has 3 heterocycles. The number of nitrogen functional groups attached to an aromatic ring is 1. The fourth-order valence-electron chi connectivity index (χ4n) is 5.39. The molecule has 0 spiro atoms. The summed E-state index contributed by atoms with van der Waals surface area (Å²) in [5.74, 6) is 2.49. The Labute approximate surface area is 213 Å². The van der Waals surface area contributed by atoms with E-state index in [1.54, 1.807) is 6.20 Å². The van der Waals surface area contributed by atoms with Crippen LogP contribution in [0.15, 0.2) is 91.3 Å². The number of imidazole rings is 2. The Balaban J connectivity index is 1.40. The zero-order chi connectivity index (χ0) is 24.9. The average Bonchev–Trinajstić information content (AvgIpc) is 3.47. The number of hydrogen-bond acceptors (Lipinski definition) is 5. The Kier molecular flexibility index (Phi) is 5.04. The van der Waals surface area contributed by atoms with Crippen molar-refractivity contribution < 1.29 is 5.11 Å². The summed E-state index contributed by atoms with van der Waals surface area (Å²) in [6.07, 6.45) is 4.77. The maximum Gasteiger partial charge on any atom is 0.150 e. The van der Waals surface area contributed by atoms with E-state index in [1.165, 1.54) is 5.56 Å². The number of aliphatic hydroxyl groups is 1. The summed E-state index contributed by atoms with van der Waals surface area (Å²) in [6.45, 7) is 0.722. The zero-order valence-corrected chi connectivity index (χ0v) is 20.2. The number of hydrogen-bond donors (Lipinski definition) is 2. The lowest BCUT2D eigenvalue weighted by atomic mass is 9.82. The van der Waals surface area contributed by atoms with Gasteiger partial charge in [-0.25, -0.2) is 15.0 Å². The summed E-state index contributed by atoms with van der Waals surface area (Å²) in [4.78, 5) is 14.5. The van der Waals surface area contributed by atoms with Gasteiger partial charge in [0.05, 0.1) is 17.1 Å². The lowest BCUT2D eigenvalue weighted by Gasteiger charge is -2.30. The van der Waals surface area contributed by atoms with Gasteiger partial charge in [-0.2, -0.15) is 0 Å². The van der Waals surface area contributed by atoms with Crippen molar-refractivity contribution >= 4 is 22.4 Å². The highest BCUT2D eigenvalue weighted by Crippen LogP contribution is 2.40. The van der Waals surface area contributed by atoms with Crippen molar-refractivity contribution in [2.75, 3.05) is 5.73 Å². The van der Waals surface area contributed by atoms with Gasteiger partial charge >= 0.3 is 0 Å². The van der Waals surface area contributed by atoms with E-state index < -0.39 is 0 Å². The fraction of sp³-hybridized carbons (Fsp3) is 0.167. The highest BCUT2D eigenvalue weighted by molar-refractivity contribution is 5.91. The first-order chi connectivity index (χ1) is 18.2. The Morgan fingerprint density at radius 2 is 1.65 bits per heavy atom. The molecule has 7 nitrogen and oxygen atoms in total. The number of aliphatic hydroxyl groups excluding tert-OH is 1. The molecule has 3 aromatic heterocycles. The van der Waals surface area contributed by atoms with Gasteiger partial charge in [-0.15, -0.1) is 0 Å². The molecule has 182 valence electrons. The first-order valence-corrected chi connectivity index (χ1v) is 12.6. The van der Waals surface area contributed by atoms with Gasteiger partial charge in [0.15, 0.2) is 0 Å². The lowest BCUT2D eigenvalue weighted by molar-refractivity contribution is 0.0715. The van der Waals surface area contributed by atoms with E-state index in [0.717, 1.165) is 51.6 Å². The molecule has 1 saturated carbocycles. The Hall–Kier alpha value is -4.49. The number of aromatic nitrogens is 5. The normalized spacial score (nSPS) is 17.3. The molecule has 0 aliphatic heterocycles. The van der Waals surface area contributed by atoms with E-state index in [0.29, 0.717) is 18.7 Å². The zero-order valence-electron chi connectivity index (χ0n) is 20.2. The molecule has 0 atom stereocenters. The molecular formula is C30H26N6O.